The van der Waals surface area contributed by atoms with E-state index in [1.165, 1.54) is 12.8 Å². The van der Waals surface area contributed by atoms with Crippen molar-refractivity contribution in [3.05, 3.63) is 12.7 Å². The summed E-state index contributed by atoms with van der Waals surface area (Å²) in [5.41, 5.74) is 0.167. The van der Waals surface area contributed by atoms with Crippen molar-refractivity contribution in [2.75, 3.05) is 0 Å². The molecule has 3 aliphatic rings. The second kappa shape index (κ2) is 4.83. The minimum absolute atomic E-state index is 0.0699. The van der Waals surface area contributed by atoms with Crippen molar-refractivity contribution in [1.82, 2.24) is 0 Å². The van der Waals surface area contributed by atoms with Gasteiger partial charge in [-0.05, 0) is 75.0 Å². The molecule has 0 amide bonds. The Morgan fingerprint density at radius 3 is 2.27 bits per heavy atom. The van der Waals surface area contributed by atoms with Gasteiger partial charge in [0, 0.05) is 0 Å². The summed E-state index contributed by atoms with van der Waals surface area (Å²) in [4.78, 5) is 0. The first-order valence-corrected chi connectivity index (χ1v) is 9.07. The van der Waals surface area contributed by atoms with Gasteiger partial charge >= 0.3 is 0 Å². The summed E-state index contributed by atoms with van der Waals surface area (Å²) in [5, 5.41) is 10.5. The van der Waals surface area contributed by atoms with E-state index in [0.29, 0.717) is 11.8 Å². The third-order valence-electron chi connectivity index (χ3n) is 7.47. The molecule has 2 heteroatoms. The summed E-state index contributed by atoms with van der Waals surface area (Å²) in [5.74, 6) is 1.24. The lowest BCUT2D eigenvalue weighted by molar-refractivity contribution is -0.260. The number of aliphatic hydroxyl groups excluding tert-OH is 1. The molecule has 2 aliphatic carbocycles. The van der Waals surface area contributed by atoms with Gasteiger partial charge in [0.2, 0.25) is 0 Å². The van der Waals surface area contributed by atoms with Crippen LogP contribution in [0.25, 0.3) is 0 Å². The molecule has 0 aromatic heterocycles. The standard InChI is InChI=1S/C20H34O2/c1-7-18(4)10-8-16-19(5)13-14(21)12-17(2,3)15(19)9-11-20(16,6)22-18/h7,14-16,21H,1,8-13H2,2-6H3. The van der Waals surface area contributed by atoms with Gasteiger partial charge in [0.1, 0.15) is 0 Å². The van der Waals surface area contributed by atoms with Crippen LogP contribution in [0.5, 0.6) is 0 Å². The zero-order valence-corrected chi connectivity index (χ0v) is 15.1. The molecular formula is C20H34O2. The zero-order valence-electron chi connectivity index (χ0n) is 15.1. The lowest BCUT2D eigenvalue weighted by Crippen LogP contribution is -2.63. The normalized spacial score (nSPS) is 54.2. The van der Waals surface area contributed by atoms with Crippen LogP contribution in [0.1, 0.15) is 73.1 Å². The Hall–Kier alpha value is -0.340. The van der Waals surface area contributed by atoms with E-state index in [-0.39, 0.29) is 28.1 Å². The van der Waals surface area contributed by atoms with E-state index in [9.17, 15) is 5.11 Å². The summed E-state index contributed by atoms with van der Waals surface area (Å²) in [6, 6.07) is 0. The molecule has 1 N–H and O–H groups in total. The van der Waals surface area contributed by atoms with E-state index in [1.54, 1.807) is 0 Å². The quantitative estimate of drug-likeness (QED) is 0.711. The van der Waals surface area contributed by atoms with Crippen molar-refractivity contribution in [3.63, 3.8) is 0 Å². The maximum Gasteiger partial charge on any atom is 0.0839 e. The van der Waals surface area contributed by atoms with Crippen LogP contribution in [0.3, 0.4) is 0 Å². The van der Waals surface area contributed by atoms with Crippen molar-refractivity contribution in [2.24, 2.45) is 22.7 Å². The fourth-order valence-corrected chi connectivity index (χ4v) is 6.69. The molecule has 6 unspecified atom stereocenters. The average Bonchev–Trinajstić information content (AvgIpc) is 2.35. The molecule has 0 aromatic rings. The van der Waals surface area contributed by atoms with Gasteiger partial charge in [0.05, 0.1) is 17.3 Å². The molecule has 0 bridgehead atoms. The highest BCUT2D eigenvalue weighted by atomic mass is 16.5. The van der Waals surface area contributed by atoms with Crippen LogP contribution >= 0.6 is 0 Å². The lowest BCUT2D eigenvalue weighted by Gasteiger charge is -2.65. The van der Waals surface area contributed by atoms with Crippen molar-refractivity contribution in [2.45, 2.75) is 90.4 Å². The summed E-state index contributed by atoms with van der Waals surface area (Å²) in [6.45, 7) is 15.6. The molecule has 0 spiro atoms. The highest BCUT2D eigenvalue weighted by Gasteiger charge is 2.62. The first-order valence-electron chi connectivity index (χ1n) is 9.07. The Kier molecular flexibility index (Phi) is 3.63. The van der Waals surface area contributed by atoms with Gasteiger partial charge in [0.15, 0.2) is 0 Å². The molecule has 1 aliphatic heterocycles. The van der Waals surface area contributed by atoms with Crippen LogP contribution in [0, 0.1) is 22.7 Å². The van der Waals surface area contributed by atoms with E-state index in [2.05, 4.69) is 41.2 Å². The number of rotatable bonds is 1. The highest BCUT2D eigenvalue weighted by molar-refractivity contribution is 5.13. The van der Waals surface area contributed by atoms with Crippen LogP contribution in [-0.2, 0) is 4.74 Å². The number of fused-ring (bicyclic) bond motifs is 3. The molecular weight excluding hydrogens is 272 g/mol. The topological polar surface area (TPSA) is 29.5 Å². The Morgan fingerprint density at radius 1 is 1.00 bits per heavy atom. The molecule has 0 aromatic carbocycles. The first kappa shape index (κ1) is 16.5. The minimum atomic E-state index is -0.183. The molecule has 3 fully saturated rings. The van der Waals surface area contributed by atoms with Crippen LogP contribution in [-0.4, -0.2) is 22.4 Å². The Balaban J connectivity index is 1.97. The fourth-order valence-electron chi connectivity index (χ4n) is 6.69. The molecule has 3 rings (SSSR count). The van der Waals surface area contributed by atoms with Crippen molar-refractivity contribution in [1.29, 1.82) is 0 Å². The van der Waals surface area contributed by atoms with Gasteiger partial charge < -0.3 is 9.84 Å². The molecule has 1 saturated heterocycles. The summed E-state index contributed by atoms with van der Waals surface area (Å²) < 4.78 is 6.63. The number of hydrogen-bond donors (Lipinski definition) is 1. The smallest absolute Gasteiger partial charge is 0.0839 e. The van der Waals surface area contributed by atoms with Crippen molar-refractivity contribution < 1.29 is 9.84 Å². The van der Waals surface area contributed by atoms with Crippen molar-refractivity contribution >= 4 is 0 Å². The third kappa shape index (κ3) is 2.29. The molecule has 2 saturated carbocycles. The third-order valence-corrected chi connectivity index (χ3v) is 7.47. The van der Waals surface area contributed by atoms with Gasteiger partial charge in [-0.2, -0.15) is 0 Å². The molecule has 1 heterocycles. The summed E-state index contributed by atoms with van der Waals surface area (Å²) in [6.07, 6.45) is 8.31. The number of ether oxygens (including phenoxy) is 1. The van der Waals surface area contributed by atoms with Gasteiger partial charge in [-0.25, -0.2) is 0 Å². The van der Waals surface area contributed by atoms with Gasteiger partial charge in [-0.1, -0.05) is 26.8 Å². The average molecular weight is 306 g/mol. The zero-order chi connectivity index (χ0) is 16.4. The van der Waals surface area contributed by atoms with Gasteiger partial charge in [-0.15, -0.1) is 6.58 Å². The molecule has 0 radical (unpaired) electrons. The second-order valence-electron chi connectivity index (χ2n) is 9.67. The van der Waals surface area contributed by atoms with E-state index in [0.717, 1.165) is 25.7 Å². The predicted octanol–water partition coefficient (Wildman–Crippen LogP) is 4.71. The minimum Gasteiger partial charge on any atom is -0.393 e. The number of hydrogen-bond acceptors (Lipinski definition) is 2. The summed E-state index contributed by atoms with van der Waals surface area (Å²) >= 11 is 0. The molecule has 6 atom stereocenters. The maximum absolute atomic E-state index is 10.5. The molecule has 126 valence electrons. The van der Waals surface area contributed by atoms with Crippen molar-refractivity contribution in [3.8, 4) is 0 Å². The second-order valence-corrected chi connectivity index (χ2v) is 9.67. The van der Waals surface area contributed by atoms with Crippen LogP contribution in [0.15, 0.2) is 12.7 Å². The predicted molar refractivity (Wildman–Crippen MR) is 90.7 cm³/mol. The summed E-state index contributed by atoms with van der Waals surface area (Å²) in [7, 11) is 0. The van der Waals surface area contributed by atoms with E-state index in [1.807, 2.05) is 6.08 Å². The van der Waals surface area contributed by atoms with Gasteiger partial charge in [-0.3, -0.25) is 0 Å². The first-order chi connectivity index (χ1) is 10.0. The largest absolute Gasteiger partial charge is 0.393 e. The van der Waals surface area contributed by atoms with E-state index >= 15 is 0 Å². The van der Waals surface area contributed by atoms with Crippen LogP contribution < -0.4 is 0 Å². The Morgan fingerprint density at radius 2 is 1.64 bits per heavy atom. The lowest BCUT2D eigenvalue weighted by atomic mass is 9.44. The Labute approximate surface area is 136 Å². The van der Waals surface area contributed by atoms with E-state index in [4.69, 9.17) is 4.74 Å². The van der Waals surface area contributed by atoms with Crippen LogP contribution in [0.2, 0.25) is 0 Å². The van der Waals surface area contributed by atoms with Crippen LogP contribution in [0.4, 0.5) is 0 Å². The highest BCUT2D eigenvalue weighted by Crippen LogP contribution is 2.65. The maximum atomic E-state index is 10.5. The monoisotopic (exact) mass is 306 g/mol. The number of aliphatic hydroxyl groups is 1. The Bertz CT molecular complexity index is 470. The fraction of sp³-hybridized carbons (Fsp3) is 0.900. The van der Waals surface area contributed by atoms with Gasteiger partial charge in [0.25, 0.3) is 0 Å². The molecule has 2 nitrogen and oxygen atoms in total. The SMILES string of the molecule is C=CC1(C)CCC2C(C)(CCC3C(C)(C)CC(O)CC32C)O1. The molecule has 22 heavy (non-hydrogen) atoms. The van der Waals surface area contributed by atoms with E-state index < -0.39 is 0 Å².